The molecule has 0 aliphatic heterocycles. The van der Waals surface area contributed by atoms with Gasteiger partial charge in [0, 0.05) is 12.1 Å². The molecular weight excluding hydrogens is 350 g/mol. The minimum atomic E-state index is -0.536. The predicted molar refractivity (Wildman–Crippen MR) is 85.7 cm³/mol. The van der Waals surface area contributed by atoms with Crippen LogP contribution >= 0.6 is 15.9 Å². The summed E-state index contributed by atoms with van der Waals surface area (Å²) in [5.41, 5.74) is 2.64. The number of carbonyl (C=O) groups excluding carboxylic acids is 1. The van der Waals surface area contributed by atoms with Gasteiger partial charge in [0.1, 0.15) is 11.4 Å². The van der Waals surface area contributed by atoms with Crippen LogP contribution in [0.4, 0.5) is 5.69 Å². The second kappa shape index (κ2) is 7.17. The lowest BCUT2D eigenvalue weighted by Gasteiger charge is -2.11. The normalized spacial score (nSPS) is 11.7. The first-order valence-electron chi connectivity index (χ1n) is 6.58. The first-order chi connectivity index (χ1) is 10.5. The van der Waals surface area contributed by atoms with E-state index in [0.29, 0.717) is 5.56 Å². The highest BCUT2D eigenvalue weighted by Gasteiger charge is 2.18. The maximum atomic E-state index is 12.0. The van der Waals surface area contributed by atoms with Gasteiger partial charge in [0.15, 0.2) is 0 Å². The zero-order valence-corrected chi connectivity index (χ0v) is 13.4. The maximum absolute atomic E-state index is 12.0. The third kappa shape index (κ3) is 4.14. The molecule has 0 bridgehead atoms. The molecule has 0 heterocycles. The van der Waals surface area contributed by atoms with Crippen LogP contribution in [0.2, 0.25) is 0 Å². The number of rotatable bonds is 5. The molecule has 2 aromatic carbocycles. The molecule has 2 aromatic rings. The highest BCUT2D eigenvalue weighted by Crippen LogP contribution is 2.25. The average Bonchev–Trinajstić information content (AvgIpc) is 2.53. The molecule has 6 heteroatoms. The van der Waals surface area contributed by atoms with Gasteiger partial charge in [0.05, 0.1) is 4.92 Å². The average molecular weight is 364 g/mol. The number of esters is 1. The Hall–Kier alpha value is -2.21. The van der Waals surface area contributed by atoms with Crippen molar-refractivity contribution < 1.29 is 14.5 Å². The summed E-state index contributed by atoms with van der Waals surface area (Å²) in [6.45, 7) is 2.05. The monoisotopic (exact) mass is 363 g/mol. The highest BCUT2D eigenvalue weighted by atomic mass is 79.9. The molecule has 0 fully saturated rings. The van der Waals surface area contributed by atoms with E-state index in [-0.39, 0.29) is 12.3 Å². The van der Waals surface area contributed by atoms with Crippen LogP contribution in [-0.2, 0) is 16.1 Å². The van der Waals surface area contributed by atoms with Gasteiger partial charge in [-0.25, -0.2) is 0 Å². The molecule has 0 saturated heterocycles. The predicted octanol–water partition coefficient (Wildman–Crippen LogP) is 4.08. The summed E-state index contributed by atoms with van der Waals surface area (Å²) in [5, 5.41) is 10.6. The lowest BCUT2D eigenvalue weighted by atomic mass is 10.1. The molecule has 0 aliphatic carbocycles. The fourth-order valence-corrected chi connectivity index (χ4v) is 2.25. The number of ether oxygens (including phenoxy) is 1. The number of aryl methyl sites for hydroxylation is 1. The van der Waals surface area contributed by atoms with Crippen LogP contribution < -0.4 is 0 Å². The zero-order valence-electron chi connectivity index (χ0n) is 11.9. The van der Waals surface area contributed by atoms with Crippen LogP contribution in [0.25, 0.3) is 0 Å². The number of halogens is 1. The molecule has 0 saturated carbocycles. The standard InChI is InChI=1S/C16H14BrNO4/c1-11-2-6-13(7-3-11)15(17)16(19)22-10-12-4-8-14(9-5-12)18(20)21/h2-9,15H,10H2,1H3. The molecule has 1 atom stereocenters. The van der Waals surface area contributed by atoms with Crippen molar-refractivity contribution in [2.24, 2.45) is 0 Å². The van der Waals surface area contributed by atoms with E-state index >= 15 is 0 Å². The minimum absolute atomic E-state index is 0.00750. The summed E-state index contributed by atoms with van der Waals surface area (Å²) < 4.78 is 5.22. The van der Waals surface area contributed by atoms with Gasteiger partial charge >= 0.3 is 5.97 Å². The van der Waals surface area contributed by atoms with E-state index in [1.165, 1.54) is 12.1 Å². The topological polar surface area (TPSA) is 69.4 Å². The third-order valence-electron chi connectivity index (χ3n) is 3.11. The van der Waals surface area contributed by atoms with E-state index in [1.807, 2.05) is 31.2 Å². The lowest BCUT2D eigenvalue weighted by Crippen LogP contribution is -2.11. The van der Waals surface area contributed by atoms with Crippen LogP contribution in [0.5, 0.6) is 0 Å². The molecule has 0 amide bonds. The summed E-state index contributed by atoms with van der Waals surface area (Å²) in [6, 6.07) is 13.5. The Balaban J connectivity index is 1.94. The van der Waals surface area contributed by atoms with E-state index in [1.54, 1.807) is 12.1 Å². The number of nitrogens with zero attached hydrogens (tertiary/aromatic N) is 1. The number of hydrogen-bond donors (Lipinski definition) is 0. The van der Waals surface area contributed by atoms with Crippen LogP contribution in [-0.4, -0.2) is 10.9 Å². The first-order valence-corrected chi connectivity index (χ1v) is 7.49. The van der Waals surface area contributed by atoms with Gasteiger partial charge in [-0.1, -0.05) is 45.8 Å². The molecule has 0 aliphatic rings. The van der Waals surface area contributed by atoms with Crippen LogP contribution in [0.15, 0.2) is 48.5 Å². The number of nitro benzene ring substituents is 1. The van der Waals surface area contributed by atoms with Crippen molar-refractivity contribution in [3.63, 3.8) is 0 Å². The van der Waals surface area contributed by atoms with E-state index < -0.39 is 15.7 Å². The van der Waals surface area contributed by atoms with Crippen LogP contribution in [0, 0.1) is 17.0 Å². The van der Waals surface area contributed by atoms with Gasteiger partial charge in [-0.3, -0.25) is 14.9 Å². The zero-order chi connectivity index (χ0) is 16.1. The van der Waals surface area contributed by atoms with E-state index in [0.717, 1.165) is 11.1 Å². The van der Waals surface area contributed by atoms with Gasteiger partial charge in [-0.2, -0.15) is 0 Å². The molecule has 0 N–H and O–H groups in total. The van der Waals surface area contributed by atoms with Crippen molar-refractivity contribution in [3.8, 4) is 0 Å². The van der Waals surface area contributed by atoms with Crippen molar-refractivity contribution in [2.75, 3.05) is 0 Å². The maximum Gasteiger partial charge on any atom is 0.324 e. The summed E-state index contributed by atoms with van der Waals surface area (Å²) >= 11 is 3.32. The summed E-state index contributed by atoms with van der Waals surface area (Å²) in [7, 11) is 0. The van der Waals surface area contributed by atoms with Crippen molar-refractivity contribution in [3.05, 3.63) is 75.3 Å². The Labute approximate surface area is 136 Å². The quantitative estimate of drug-likeness (QED) is 0.347. The Morgan fingerprint density at radius 2 is 1.77 bits per heavy atom. The third-order valence-corrected chi connectivity index (χ3v) is 4.01. The molecule has 114 valence electrons. The summed E-state index contributed by atoms with van der Waals surface area (Å²) in [6.07, 6.45) is 0. The summed E-state index contributed by atoms with van der Waals surface area (Å²) in [5.74, 6) is -0.401. The smallest absolute Gasteiger partial charge is 0.324 e. The Kier molecular flexibility index (Phi) is 5.27. The molecule has 2 rings (SSSR count). The highest BCUT2D eigenvalue weighted by molar-refractivity contribution is 9.09. The van der Waals surface area contributed by atoms with Gasteiger partial charge < -0.3 is 4.74 Å². The van der Waals surface area contributed by atoms with Gasteiger partial charge in [-0.05, 0) is 30.2 Å². The second-order valence-corrected chi connectivity index (χ2v) is 5.72. The van der Waals surface area contributed by atoms with Gasteiger partial charge in [0.2, 0.25) is 0 Å². The van der Waals surface area contributed by atoms with Crippen LogP contribution in [0.3, 0.4) is 0 Å². The van der Waals surface area contributed by atoms with Gasteiger partial charge in [-0.15, -0.1) is 0 Å². The molecule has 0 spiro atoms. The fourth-order valence-electron chi connectivity index (χ4n) is 1.81. The Morgan fingerprint density at radius 3 is 2.32 bits per heavy atom. The second-order valence-electron chi connectivity index (χ2n) is 4.80. The van der Waals surface area contributed by atoms with Crippen molar-refractivity contribution >= 4 is 27.6 Å². The number of benzene rings is 2. The molecule has 1 unspecified atom stereocenters. The molecule has 22 heavy (non-hydrogen) atoms. The van der Waals surface area contributed by atoms with E-state index in [2.05, 4.69) is 15.9 Å². The number of nitro groups is 1. The van der Waals surface area contributed by atoms with Gasteiger partial charge in [0.25, 0.3) is 5.69 Å². The van der Waals surface area contributed by atoms with Crippen molar-refractivity contribution in [1.29, 1.82) is 0 Å². The Morgan fingerprint density at radius 1 is 1.18 bits per heavy atom. The molecular formula is C16H14BrNO4. The fraction of sp³-hybridized carbons (Fsp3) is 0.188. The number of alkyl halides is 1. The SMILES string of the molecule is Cc1ccc(C(Br)C(=O)OCc2ccc([N+](=O)[O-])cc2)cc1. The number of hydrogen-bond acceptors (Lipinski definition) is 4. The molecule has 5 nitrogen and oxygen atoms in total. The van der Waals surface area contributed by atoms with E-state index in [4.69, 9.17) is 4.74 Å². The van der Waals surface area contributed by atoms with Crippen molar-refractivity contribution in [1.82, 2.24) is 0 Å². The Bertz CT molecular complexity index is 668. The number of non-ortho nitro benzene ring substituents is 1. The molecule has 0 aromatic heterocycles. The minimum Gasteiger partial charge on any atom is -0.460 e. The molecule has 0 radical (unpaired) electrons. The van der Waals surface area contributed by atoms with E-state index in [9.17, 15) is 14.9 Å². The lowest BCUT2D eigenvalue weighted by molar-refractivity contribution is -0.384. The first kappa shape index (κ1) is 16.2. The van der Waals surface area contributed by atoms with Crippen molar-refractivity contribution in [2.45, 2.75) is 18.4 Å². The largest absolute Gasteiger partial charge is 0.460 e. The number of carbonyl (C=O) groups is 1. The van der Waals surface area contributed by atoms with Crippen LogP contribution in [0.1, 0.15) is 21.5 Å². The summed E-state index contributed by atoms with van der Waals surface area (Å²) in [4.78, 5) is 21.6.